The lowest BCUT2D eigenvalue weighted by atomic mass is 10.1. The molecule has 0 unspecified atom stereocenters. The largest absolute Gasteiger partial charge is 0.494 e. The monoisotopic (exact) mass is 217 g/mol. The van der Waals surface area contributed by atoms with Crippen molar-refractivity contribution in [1.82, 2.24) is 0 Å². The van der Waals surface area contributed by atoms with Gasteiger partial charge in [-0.25, -0.2) is 0 Å². The number of para-hydroxylation sites is 1. The van der Waals surface area contributed by atoms with E-state index < -0.39 is 0 Å². The van der Waals surface area contributed by atoms with Crippen molar-refractivity contribution in [1.29, 1.82) is 0 Å². The van der Waals surface area contributed by atoms with E-state index in [1.807, 2.05) is 0 Å². The highest BCUT2D eigenvalue weighted by Crippen LogP contribution is 2.27. The van der Waals surface area contributed by atoms with Crippen molar-refractivity contribution in [2.24, 2.45) is 0 Å². The molecule has 2 N–H and O–H groups in total. The van der Waals surface area contributed by atoms with Gasteiger partial charge in [0.2, 0.25) is 5.78 Å². The minimum atomic E-state index is -0.242. The number of rotatable bonds is 3. The van der Waals surface area contributed by atoms with E-state index in [9.17, 15) is 4.79 Å². The molecule has 0 saturated heterocycles. The zero-order chi connectivity index (χ0) is 11.5. The highest BCUT2D eigenvalue weighted by atomic mass is 16.5. The predicted molar refractivity (Wildman–Crippen MR) is 59.5 cm³/mol. The summed E-state index contributed by atoms with van der Waals surface area (Å²) in [6.07, 6.45) is 1.45. The van der Waals surface area contributed by atoms with Crippen LogP contribution in [0.5, 0.6) is 5.75 Å². The summed E-state index contributed by atoms with van der Waals surface area (Å²) >= 11 is 0. The summed E-state index contributed by atoms with van der Waals surface area (Å²) in [7, 11) is 1.48. The number of hydrogen-bond acceptors (Lipinski definition) is 4. The maximum absolute atomic E-state index is 12.0. The normalized spacial score (nSPS) is 10.1. The topological polar surface area (TPSA) is 65.5 Å². The standard InChI is InChI=1S/C12H11NO3/c1-15-12-8(4-2-5-9(12)13)11(14)10-6-3-7-16-10/h2-7H,13H2,1H3. The highest BCUT2D eigenvalue weighted by Gasteiger charge is 2.17. The lowest BCUT2D eigenvalue weighted by Crippen LogP contribution is -2.04. The second-order valence-electron chi connectivity index (χ2n) is 3.23. The summed E-state index contributed by atoms with van der Waals surface area (Å²) in [5.41, 5.74) is 6.55. The zero-order valence-electron chi connectivity index (χ0n) is 8.77. The molecular weight excluding hydrogens is 206 g/mol. The second-order valence-corrected chi connectivity index (χ2v) is 3.23. The first kappa shape index (κ1) is 10.3. The van der Waals surface area contributed by atoms with Crippen molar-refractivity contribution < 1.29 is 13.9 Å². The van der Waals surface area contributed by atoms with Gasteiger partial charge in [-0.05, 0) is 24.3 Å². The summed E-state index contributed by atoms with van der Waals surface area (Å²) < 4.78 is 10.2. The Labute approximate surface area is 92.6 Å². The van der Waals surface area contributed by atoms with Crippen molar-refractivity contribution in [3.63, 3.8) is 0 Å². The first-order chi connectivity index (χ1) is 7.74. The lowest BCUT2D eigenvalue weighted by molar-refractivity contribution is 0.101. The van der Waals surface area contributed by atoms with Crippen LogP contribution in [-0.4, -0.2) is 12.9 Å². The molecule has 4 nitrogen and oxygen atoms in total. The third kappa shape index (κ3) is 1.65. The molecule has 1 heterocycles. The van der Waals surface area contributed by atoms with Gasteiger partial charge in [-0.15, -0.1) is 0 Å². The number of hydrogen-bond donors (Lipinski definition) is 1. The van der Waals surface area contributed by atoms with Gasteiger partial charge in [0, 0.05) is 0 Å². The minimum absolute atomic E-state index is 0.242. The van der Waals surface area contributed by atoms with Crippen LogP contribution >= 0.6 is 0 Å². The molecule has 0 saturated carbocycles. The average molecular weight is 217 g/mol. The van der Waals surface area contributed by atoms with E-state index in [2.05, 4.69) is 0 Å². The molecule has 0 radical (unpaired) electrons. The quantitative estimate of drug-likeness (QED) is 0.631. The van der Waals surface area contributed by atoms with E-state index in [1.165, 1.54) is 13.4 Å². The molecular formula is C12H11NO3. The molecule has 1 aromatic carbocycles. The minimum Gasteiger partial charge on any atom is -0.494 e. The van der Waals surface area contributed by atoms with Crippen molar-refractivity contribution in [2.45, 2.75) is 0 Å². The van der Waals surface area contributed by atoms with E-state index in [4.69, 9.17) is 14.9 Å². The molecule has 0 aliphatic carbocycles. The number of ether oxygens (including phenoxy) is 1. The molecule has 0 bridgehead atoms. The maximum Gasteiger partial charge on any atom is 0.231 e. The van der Waals surface area contributed by atoms with E-state index in [1.54, 1.807) is 30.3 Å². The Morgan fingerprint density at radius 3 is 2.75 bits per heavy atom. The van der Waals surface area contributed by atoms with Gasteiger partial charge in [-0.3, -0.25) is 4.79 Å². The fraction of sp³-hybridized carbons (Fsp3) is 0.0833. The van der Waals surface area contributed by atoms with E-state index in [0.717, 1.165) is 0 Å². The second kappa shape index (κ2) is 4.10. The number of methoxy groups -OCH3 is 1. The summed E-state index contributed by atoms with van der Waals surface area (Å²) in [6, 6.07) is 8.29. The number of carbonyl (C=O) groups excluding carboxylic acids is 1. The van der Waals surface area contributed by atoms with Crippen LogP contribution in [0.4, 0.5) is 5.69 Å². The van der Waals surface area contributed by atoms with Crippen LogP contribution < -0.4 is 10.5 Å². The molecule has 0 amide bonds. The molecule has 0 aliphatic heterocycles. The summed E-state index contributed by atoms with van der Waals surface area (Å²) in [6.45, 7) is 0. The molecule has 2 rings (SSSR count). The Hall–Kier alpha value is -2.23. The number of nitrogen functional groups attached to an aromatic ring is 1. The number of ketones is 1. The Kier molecular flexibility index (Phi) is 2.64. The first-order valence-electron chi connectivity index (χ1n) is 4.74. The van der Waals surface area contributed by atoms with E-state index in [-0.39, 0.29) is 11.5 Å². The van der Waals surface area contributed by atoms with Crippen molar-refractivity contribution in [3.8, 4) is 5.75 Å². The number of carbonyl (C=O) groups is 1. The van der Waals surface area contributed by atoms with Gasteiger partial charge in [-0.1, -0.05) is 6.07 Å². The number of nitrogens with two attached hydrogens (primary N) is 1. The Morgan fingerprint density at radius 2 is 2.12 bits per heavy atom. The van der Waals surface area contributed by atoms with Crippen LogP contribution in [0.2, 0.25) is 0 Å². The van der Waals surface area contributed by atoms with Crippen LogP contribution in [0, 0.1) is 0 Å². The number of anilines is 1. The molecule has 0 atom stereocenters. The molecule has 16 heavy (non-hydrogen) atoms. The SMILES string of the molecule is COc1c(N)cccc1C(=O)c1ccco1. The van der Waals surface area contributed by atoms with Gasteiger partial charge in [0.1, 0.15) is 0 Å². The van der Waals surface area contributed by atoms with Gasteiger partial charge in [-0.2, -0.15) is 0 Å². The zero-order valence-corrected chi connectivity index (χ0v) is 8.77. The van der Waals surface area contributed by atoms with Crippen molar-refractivity contribution >= 4 is 11.5 Å². The van der Waals surface area contributed by atoms with Crippen molar-refractivity contribution in [2.75, 3.05) is 12.8 Å². The van der Waals surface area contributed by atoms with Gasteiger partial charge in [0.05, 0.1) is 24.6 Å². The van der Waals surface area contributed by atoms with Gasteiger partial charge >= 0.3 is 0 Å². The van der Waals surface area contributed by atoms with Crippen LogP contribution in [-0.2, 0) is 0 Å². The summed E-state index contributed by atoms with van der Waals surface area (Å²) in [5, 5.41) is 0. The van der Waals surface area contributed by atoms with Crippen LogP contribution in [0.15, 0.2) is 41.0 Å². The smallest absolute Gasteiger partial charge is 0.231 e. The lowest BCUT2D eigenvalue weighted by Gasteiger charge is -2.08. The van der Waals surface area contributed by atoms with Crippen LogP contribution in [0.3, 0.4) is 0 Å². The molecule has 4 heteroatoms. The van der Waals surface area contributed by atoms with E-state index in [0.29, 0.717) is 17.0 Å². The third-order valence-electron chi connectivity index (χ3n) is 2.24. The average Bonchev–Trinajstić information content (AvgIpc) is 2.81. The maximum atomic E-state index is 12.0. The number of benzene rings is 1. The summed E-state index contributed by atoms with van der Waals surface area (Å²) in [4.78, 5) is 12.0. The van der Waals surface area contributed by atoms with Crippen LogP contribution in [0.1, 0.15) is 16.1 Å². The Bertz CT molecular complexity index is 503. The fourth-order valence-corrected chi connectivity index (χ4v) is 1.50. The van der Waals surface area contributed by atoms with Gasteiger partial charge in [0.25, 0.3) is 0 Å². The van der Waals surface area contributed by atoms with Crippen LogP contribution in [0.25, 0.3) is 0 Å². The van der Waals surface area contributed by atoms with Gasteiger partial charge < -0.3 is 14.9 Å². The Morgan fingerprint density at radius 1 is 1.31 bits per heavy atom. The Balaban J connectivity index is 2.48. The van der Waals surface area contributed by atoms with Crippen molar-refractivity contribution in [3.05, 3.63) is 47.9 Å². The highest BCUT2D eigenvalue weighted by molar-refractivity contribution is 6.09. The third-order valence-corrected chi connectivity index (χ3v) is 2.24. The molecule has 0 fully saturated rings. The first-order valence-corrected chi connectivity index (χ1v) is 4.74. The molecule has 82 valence electrons. The number of furan rings is 1. The summed E-state index contributed by atoms with van der Waals surface area (Å²) in [5.74, 6) is 0.405. The predicted octanol–water partition coefficient (Wildman–Crippen LogP) is 2.10. The molecule has 1 aromatic heterocycles. The van der Waals surface area contributed by atoms with E-state index >= 15 is 0 Å². The molecule has 0 spiro atoms. The van der Waals surface area contributed by atoms with Gasteiger partial charge in [0.15, 0.2) is 11.5 Å². The molecule has 2 aromatic rings. The fourth-order valence-electron chi connectivity index (χ4n) is 1.50. The molecule has 0 aliphatic rings.